The minimum atomic E-state index is -0.0647. The molecule has 5 heteroatoms. The summed E-state index contributed by atoms with van der Waals surface area (Å²) in [5.41, 5.74) is 5.61. The molecule has 0 aromatic heterocycles. The van der Waals surface area contributed by atoms with E-state index >= 15 is 0 Å². The van der Waals surface area contributed by atoms with E-state index < -0.39 is 0 Å². The molecule has 3 rings (SSSR count). The van der Waals surface area contributed by atoms with Crippen LogP contribution in [0.25, 0.3) is 0 Å². The Bertz CT molecular complexity index is 783. The number of amides is 2. The lowest BCUT2D eigenvalue weighted by molar-refractivity contribution is 0.208. The van der Waals surface area contributed by atoms with Gasteiger partial charge in [-0.1, -0.05) is 23.7 Å². The van der Waals surface area contributed by atoms with Crippen LogP contribution in [0.15, 0.2) is 36.4 Å². The van der Waals surface area contributed by atoms with Crippen LogP contribution in [0.1, 0.15) is 16.7 Å². The maximum Gasteiger partial charge on any atom is 0.321 e. The van der Waals surface area contributed by atoms with E-state index in [1.165, 1.54) is 16.8 Å². The number of anilines is 2. The third-order valence-corrected chi connectivity index (χ3v) is 5.10. The van der Waals surface area contributed by atoms with Gasteiger partial charge in [-0.3, -0.25) is 0 Å². The summed E-state index contributed by atoms with van der Waals surface area (Å²) >= 11 is 6.03. The van der Waals surface area contributed by atoms with Crippen molar-refractivity contribution in [3.8, 4) is 0 Å². The van der Waals surface area contributed by atoms with Gasteiger partial charge in [0.25, 0.3) is 0 Å². The van der Waals surface area contributed by atoms with E-state index in [4.69, 9.17) is 11.6 Å². The molecule has 1 fully saturated rings. The predicted molar refractivity (Wildman–Crippen MR) is 105 cm³/mol. The Morgan fingerprint density at radius 2 is 1.60 bits per heavy atom. The number of hydrogen-bond donors (Lipinski definition) is 1. The first-order chi connectivity index (χ1) is 11.9. The monoisotopic (exact) mass is 357 g/mol. The lowest BCUT2D eigenvalue weighted by atomic mass is 10.1. The van der Waals surface area contributed by atoms with Gasteiger partial charge in [-0.05, 0) is 61.7 Å². The lowest BCUT2D eigenvalue weighted by Crippen LogP contribution is -2.50. The van der Waals surface area contributed by atoms with E-state index in [1.54, 1.807) is 6.07 Å². The zero-order chi connectivity index (χ0) is 18.0. The molecule has 2 aromatic rings. The van der Waals surface area contributed by atoms with Crippen molar-refractivity contribution in [3.63, 3.8) is 0 Å². The average molecular weight is 358 g/mol. The van der Waals surface area contributed by atoms with Crippen molar-refractivity contribution in [3.05, 3.63) is 58.1 Å². The molecule has 1 saturated heterocycles. The molecular formula is C20H24ClN3O. The van der Waals surface area contributed by atoms with Gasteiger partial charge >= 0.3 is 6.03 Å². The second kappa shape index (κ2) is 7.36. The lowest BCUT2D eigenvalue weighted by Gasteiger charge is -2.36. The van der Waals surface area contributed by atoms with Crippen molar-refractivity contribution in [2.45, 2.75) is 20.8 Å². The van der Waals surface area contributed by atoms with Gasteiger partial charge in [-0.15, -0.1) is 0 Å². The molecule has 1 N–H and O–H groups in total. The van der Waals surface area contributed by atoms with Crippen molar-refractivity contribution >= 4 is 29.0 Å². The number of aryl methyl sites for hydroxylation is 3. The number of halogens is 1. The number of piperazine rings is 1. The fourth-order valence-corrected chi connectivity index (χ4v) is 3.19. The van der Waals surface area contributed by atoms with Crippen LogP contribution in [0, 0.1) is 20.8 Å². The zero-order valence-corrected chi connectivity index (χ0v) is 15.7. The van der Waals surface area contributed by atoms with Crippen molar-refractivity contribution in [1.29, 1.82) is 0 Å². The fraction of sp³-hybridized carbons (Fsp3) is 0.350. The van der Waals surface area contributed by atoms with Gasteiger partial charge in [-0.2, -0.15) is 0 Å². The van der Waals surface area contributed by atoms with Gasteiger partial charge in [-0.25, -0.2) is 4.79 Å². The Morgan fingerprint density at radius 1 is 0.920 bits per heavy atom. The van der Waals surface area contributed by atoms with Crippen LogP contribution in [-0.4, -0.2) is 37.1 Å². The van der Waals surface area contributed by atoms with Crippen molar-refractivity contribution in [2.75, 3.05) is 36.4 Å². The second-order valence-corrected chi connectivity index (χ2v) is 7.07. The van der Waals surface area contributed by atoms with Crippen molar-refractivity contribution in [1.82, 2.24) is 4.90 Å². The van der Waals surface area contributed by atoms with Crippen LogP contribution in [0.4, 0.5) is 16.2 Å². The normalized spacial score (nSPS) is 14.6. The van der Waals surface area contributed by atoms with E-state index in [2.05, 4.69) is 42.3 Å². The van der Waals surface area contributed by atoms with Crippen molar-refractivity contribution < 1.29 is 4.79 Å². The zero-order valence-electron chi connectivity index (χ0n) is 15.0. The summed E-state index contributed by atoms with van der Waals surface area (Å²) in [7, 11) is 0. The van der Waals surface area contributed by atoms with E-state index in [9.17, 15) is 4.79 Å². The van der Waals surface area contributed by atoms with Gasteiger partial charge in [0, 0.05) is 42.6 Å². The molecule has 1 aliphatic rings. The maximum atomic E-state index is 12.5. The van der Waals surface area contributed by atoms with Crippen LogP contribution < -0.4 is 10.2 Å². The molecule has 0 bridgehead atoms. The highest BCUT2D eigenvalue weighted by Gasteiger charge is 2.22. The highest BCUT2D eigenvalue weighted by Crippen LogP contribution is 2.22. The van der Waals surface area contributed by atoms with E-state index in [1.807, 2.05) is 24.0 Å². The van der Waals surface area contributed by atoms with Gasteiger partial charge < -0.3 is 15.1 Å². The standard InChI is InChI=1S/C20H24ClN3O/c1-14-5-7-18(12-16(14)3)23-8-10-24(11-9-23)20(25)22-19-13-17(21)6-4-15(19)2/h4-7,12-13H,8-11H2,1-3H3,(H,22,25). The summed E-state index contributed by atoms with van der Waals surface area (Å²) in [5.74, 6) is 0. The van der Waals surface area contributed by atoms with Gasteiger partial charge in [0.1, 0.15) is 0 Å². The molecule has 4 nitrogen and oxygen atoms in total. The van der Waals surface area contributed by atoms with Crippen LogP contribution in [0.2, 0.25) is 5.02 Å². The second-order valence-electron chi connectivity index (χ2n) is 6.63. The predicted octanol–water partition coefficient (Wildman–Crippen LogP) is 4.62. The first kappa shape index (κ1) is 17.6. The van der Waals surface area contributed by atoms with Crippen molar-refractivity contribution in [2.24, 2.45) is 0 Å². The summed E-state index contributed by atoms with van der Waals surface area (Å²) in [4.78, 5) is 16.7. The average Bonchev–Trinajstić information content (AvgIpc) is 2.60. The molecule has 0 saturated carbocycles. The SMILES string of the molecule is Cc1ccc(N2CCN(C(=O)Nc3cc(Cl)ccc3C)CC2)cc1C. The summed E-state index contributed by atoms with van der Waals surface area (Å²) in [6.07, 6.45) is 0. The molecule has 25 heavy (non-hydrogen) atoms. The van der Waals surface area contributed by atoms with E-state index in [-0.39, 0.29) is 6.03 Å². The number of rotatable bonds is 2. The summed E-state index contributed by atoms with van der Waals surface area (Å²) < 4.78 is 0. The summed E-state index contributed by atoms with van der Waals surface area (Å²) in [6, 6.07) is 12.0. The summed E-state index contributed by atoms with van der Waals surface area (Å²) in [5, 5.41) is 3.60. The van der Waals surface area contributed by atoms with Gasteiger partial charge in [0.15, 0.2) is 0 Å². The topological polar surface area (TPSA) is 35.6 Å². The molecule has 2 amide bonds. The molecule has 132 valence electrons. The fourth-order valence-electron chi connectivity index (χ4n) is 3.01. The molecule has 0 atom stereocenters. The Kier molecular flexibility index (Phi) is 5.19. The molecule has 2 aromatic carbocycles. The number of nitrogens with one attached hydrogen (secondary N) is 1. The van der Waals surface area contributed by atoms with E-state index in [0.717, 1.165) is 24.3 Å². The number of benzene rings is 2. The number of carbonyl (C=O) groups excluding carboxylic acids is 1. The first-order valence-electron chi connectivity index (χ1n) is 8.58. The summed E-state index contributed by atoms with van der Waals surface area (Å²) in [6.45, 7) is 9.31. The highest BCUT2D eigenvalue weighted by molar-refractivity contribution is 6.31. The third kappa shape index (κ3) is 4.07. The molecule has 0 spiro atoms. The Hall–Kier alpha value is -2.20. The molecule has 1 aliphatic heterocycles. The Balaban J connectivity index is 1.60. The number of urea groups is 1. The Morgan fingerprint density at radius 3 is 2.28 bits per heavy atom. The number of carbonyl (C=O) groups is 1. The molecule has 1 heterocycles. The third-order valence-electron chi connectivity index (χ3n) is 4.86. The van der Waals surface area contributed by atoms with E-state index in [0.29, 0.717) is 18.1 Å². The van der Waals surface area contributed by atoms with Gasteiger partial charge in [0.05, 0.1) is 0 Å². The van der Waals surface area contributed by atoms with Crippen LogP contribution in [0.3, 0.4) is 0 Å². The maximum absolute atomic E-state index is 12.5. The minimum absolute atomic E-state index is 0.0647. The smallest absolute Gasteiger partial charge is 0.321 e. The van der Waals surface area contributed by atoms with Crippen LogP contribution in [-0.2, 0) is 0 Å². The minimum Gasteiger partial charge on any atom is -0.368 e. The molecule has 0 unspecified atom stereocenters. The number of hydrogen-bond acceptors (Lipinski definition) is 2. The van der Waals surface area contributed by atoms with Gasteiger partial charge in [0.2, 0.25) is 0 Å². The first-order valence-corrected chi connectivity index (χ1v) is 8.96. The highest BCUT2D eigenvalue weighted by atomic mass is 35.5. The largest absolute Gasteiger partial charge is 0.368 e. The molecule has 0 aliphatic carbocycles. The van der Waals surface area contributed by atoms with Crippen LogP contribution >= 0.6 is 11.6 Å². The Labute approximate surface area is 154 Å². The number of nitrogens with zero attached hydrogens (tertiary/aromatic N) is 2. The molecule has 0 radical (unpaired) electrons. The molecular weight excluding hydrogens is 334 g/mol. The van der Waals surface area contributed by atoms with Crippen LogP contribution in [0.5, 0.6) is 0 Å². The quantitative estimate of drug-likeness (QED) is 0.851.